The SMILES string of the molecule is CN(CC(=O)NC1CCCC1)c1nc(Cc2ccc(NC(=O)c3ccc(Cl)c(Cl)c3)cc2)nc(Cl)c1CC(=O)O.CN(CC(=O)NC1CCCC1)c1nc(Cc2ccc(NC(=O)c3ccc(Cl)cc3)cc2)nc(Cl)c1CC(=O)O.COc1ccc(C(=O)Nc2ccc(Cc3nc(Cl)c(CC(=O)O)c(N(C)CC(=O)NC4CCCC4)n3)cc2)cc1. The highest BCUT2D eigenvalue weighted by atomic mass is 35.5. The van der Waals surface area contributed by atoms with Crippen LogP contribution in [0.1, 0.15) is 159 Å². The summed E-state index contributed by atoms with van der Waals surface area (Å²) in [4.78, 5) is 141. The van der Waals surface area contributed by atoms with Crippen LogP contribution < -0.4 is 51.3 Å². The van der Waals surface area contributed by atoms with Crippen molar-refractivity contribution in [1.82, 2.24) is 45.9 Å². The Bertz CT molecular complexity index is 5120. The van der Waals surface area contributed by atoms with Gasteiger partial charge in [-0.2, -0.15) is 0 Å². The molecule has 0 atom stereocenters. The number of nitrogens with zero attached hydrogens (tertiary/aromatic N) is 9. The molecule has 3 aliphatic rings. The Hall–Kier alpha value is -11.3. The molecular weight excluding hydrogens is 1650 g/mol. The molecule has 624 valence electrons. The molecule has 6 aromatic carbocycles. The van der Waals surface area contributed by atoms with Gasteiger partial charge in [0.1, 0.15) is 56.1 Å². The zero-order valence-electron chi connectivity index (χ0n) is 65.6. The van der Waals surface area contributed by atoms with Crippen LogP contribution in [0.3, 0.4) is 0 Å². The highest BCUT2D eigenvalue weighted by Gasteiger charge is 2.28. The summed E-state index contributed by atoms with van der Waals surface area (Å²) >= 11 is 37.1. The first kappa shape index (κ1) is 90.1. The Balaban J connectivity index is 0.000000188. The molecule has 0 bridgehead atoms. The normalized spacial score (nSPS) is 13.2. The van der Waals surface area contributed by atoms with Gasteiger partial charge in [0.05, 0.1) is 56.1 Å². The molecule has 3 saturated carbocycles. The van der Waals surface area contributed by atoms with Crippen molar-refractivity contribution in [2.75, 3.05) is 78.5 Å². The number of anilines is 6. The lowest BCUT2D eigenvalue weighted by Crippen LogP contribution is -2.40. The Morgan fingerprint density at radius 1 is 0.378 bits per heavy atom. The molecule has 34 heteroatoms. The summed E-state index contributed by atoms with van der Waals surface area (Å²) in [7, 11) is 6.60. The topological polar surface area (TPSA) is 383 Å². The Labute approximate surface area is 717 Å². The monoisotopic (exact) mass is 1740 g/mol. The Kier molecular flexibility index (Phi) is 32.9. The number of rotatable bonds is 31. The summed E-state index contributed by atoms with van der Waals surface area (Å²) in [5, 5.41) is 47.1. The summed E-state index contributed by atoms with van der Waals surface area (Å²) in [6, 6.07) is 40.1. The molecule has 3 heterocycles. The fraction of sp³-hybridized carbons (Fsp3) is 0.329. The van der Waals surface area contributed by atoms with E-state index in [0.717, 1.165) is 93.7 Å². The minimum absolute atomic E-state index is 0.00310. The maximum atomic E-state index is 12.6. The molecule has 0 unspecified atom stereocenters. The van der Waals surface area contributed by atoms with E-state index in [0.29, 0.717) is 104 Å². The van der Waals surface area contributed by atoms with Crippen LogP contribution in [0.15, 0.2) is 140 Å². The first-order valence-electron chi connectivity index (χ1n) is 38.4. The summed E-state index contributed by atoms with van der Waals surface area (Å²) < 4.78 is 5.12. The molecular formula is C85H89Cl6N15O13. The maximum absolute atomic E-state index is 12.6. The lowest BCUT2D eigenvalue weighted by atomic mass is 10.1. The van der Waals surface area contributed by atoms with Crippen molar-refractivity contribution in [2.24, 2.45) is 0 Å². The number of hydrogen-bond acceptors (Lipinski definition) is 19. The molecule has 0 spiro atoms. The molecule has 0 radical (unpaired) electrons. The van der Waals surface area contributed by atoms with Crippen molar-refractivity contribution < 1.29 is 63.2 Å². The molecule has 12 rings (SSSR count). The summed E-state index contributed by atoms with van der Waals surface area (Å²) in [5.74, 6) is -1.83. The van der Waals surface area contributed by atoms with Crippen LogP contribution in [0.5, 0.6) is 5.75 Å². The number of nitrogens with one attached hydrogen (secondary N) is 6. The third-order valence-corrected chi connectivity index (χ3v) is 21.6. The molecule has 3 aliphatic carbocycles. The number of carbonyl (C=O) groups excluding carboxylic acids is 6. The number of benzene rings is 6. The Morgan fingerprint density at radius 3 is 0.950 bits per heavy atom. The second kappa shape index (κ2) is 43.4. The van der Waals surface area contributed by atoms with Crippen LogP contribution in [0.4, 0.5) is 34.5 Å². The van der Waals surface area contributed by atoms with E-state index < -0.39 is 17.9 Å². The Morgan fingerprint density at radius 2 is 0.664 bits per heavy atom. The number of carboxylic acids is 3. The number of hydrogen-bond donors (Lipinski definition) is 9. The molecule has 9 N–H and O–H groups in total. The van der Waals surface area contributed by atoms with Crippen LogP contribution in [-0.2, 0) is 67.3 Å². The van der Waals surface area contributed by atoms with Crippen LogP contribution in [0, 0.1) is 0 Å². The van der Waals surface area contributed by atoms with Gasteiger partial charge in [0.25, 0.3) is 17.7 Å². The number of likely N-dealkylation sites (N-methyl/N-ethyl adjacent to an activating group) is 3. The van der Waals surface area contributed by atoms with Crippen molar-refractivity contribution in [3.8, 4) is 5.75 Å². The number of aliphatic carboxylic acids is 3. The van der Waals surface area contributed by atoms with Gasteiger partial charge in [-0.3, -0.25) is 43.2 Å². The minimum Gasteiger partial charge on any atom is -0.497 e. The van der Waals surface area contributed by atoms with Gasteiger partial charge in [-0.05, 0) is 158 Å². The van der Waals surface area contributed by atoms with Crippen LogP contribution in [-0.4, -0.2) is 165 Å². The third-order valence-electron chi connectivity index (χ3n) is 19.7. The van der Waals surface area contributed by atoms with Crippen molar-refractivity contribution >= 4 is 157 Å². The molecule has 9 aromatic rings. The predicted molar refractivity (Wildman–Crippen MR) is 459 cm³/mol. The number of aromatic nitrogens is 6. The second-order valence-corrected chi connectivity index (χ2v) is 31.3. The fourth-order valence-corrected chi connectivity index (χ4v) is 14.9. The summed E-state index contributed by atoms with van der Waals surface area (Å²) in [5.41, 5.74) is 6.47. The van der Waals surface area contributed by atoms with E-state index in [1.165, 1.54) is 6.07 Å². The van der Waals surface area contributed by atoms with E-state index in [1.54, 1.807) is 140 Å². The van der Waals surface area contributed by atoms with E-state index in [-0.39, 0.29) is 130 Å². The van der Waals surface area contributed by atoms with Crippen molar-refractivity contribution in [3.05, 3.63) is 238 Å². The fourth-order valence-electron chi connectivity index (χ4n) is 13.7. The zero-order valence-corrected chi connectivity index (χ0v) is 70.1. The van der Waals surface area contributed by atoms with Crippen molar-refractivity contribution in [2.45, 2.75) is 134 Å². The lowest BCUT2D eigenvalue weighted by Gasteiger charge is -2.22. The first-order valence-corrected chi connectivity index (χ1v) is 40.6. The van der Waals surface area contributed by atoms with E-state index in [4.69, 9.17) is 74.3 Å². The third kappa shape index (κ3) is 27.4. The van der Waals surface area contributed by atoms with Gasteiger partial charge in [0.2, 0.25) is 17.7 Å². The van der Waals surface area contributed by atoms with Crippen molar-refractivity contribution in [3.63, 3.8) is 0 Å². The van der Waals surface area contributed by atoms with Gasteiger partial charge in [-0.15, -0.1) is 0 Å². The van der Waals surface area contributed by atoms with E-state index in [2.05, 4.69) is 61.8 Å². The first-order chi connectivity index (χ1) is 57.0. The quantitative estimate of drug-likeness (QED) is 0.0182. The number of ether oxygens (including phenoxy) is 1. The van der Waals surface area contributed by atoms with Crippen LogP contribution >= 0.6 is 69.6 Å². The highest BCUT2D eigenvalue weighted by Crippen LogP contribution is 2.32. The van der Waals surface area contributed by atoms with Crippen LogP contribution in [0.2, 0.25) is 30.5 Å². The van der Waals surface area contributed by atoms with Gasteiger partial charge in [-0.25, -0.2) is 29.9 Å². The molecule has 6 amide bonds. The largest absolute Gasteiger partial charge is 0.497 e. The highest BCUT2D eigenvalue weighted by molar-refractivity contribution is 6.42. The molecule has 0 aliphatic heterocycles. The zero-order chi connectivity index (χ0) is 85.4. The van der Waals surface area contributed by atoms with Gasteiger partial charge in [-0.1, -0.05) is 145 Å². The average Bonchev–Trinajstić information content (AvgIpc) is 1.80. The molecule has 3 fully saturated rings. The van der Waals surface area contributed by atoms with Gasteiger partial charge >= 0.3 is 17.9 Å². The van der Waals surface area contributed by atoms with Crippen LogP contribution in [0.25, 0.3) is 0 Å². The standard InChI is InChI=1S/C29H32ClN5O5.C28H28Cl3N5O4.C28H29Cl2N5O4/c1-35(17-25(36)31-20-5-3-4-6-20)28-23(16-26(37)38)27(30)33-24(34-28)15-18-7-11-21(12-8-18)32-29(39)19-9-13-22(40-2)14-10-19;1-36(15-24(37)32-18-4-2-3-5-18)27-20(14-25(38)39)26(31)34-23(35-27)12-16-6-9-19(10-7-16)33-28(40)17-8-11-21(29)22(30)13-17;1-35(16-24(36)31-20-4-2-3-5-20)27-22(15-25(37)38)26(30)33-23(34-27)14-17-6-12-21(13-7-17)32-28(39)18-8-10-19(29)11-9-18/h7-14,20H,3-6,15-17H2,1-2H3,(H,31,36)(H,32,39)(H,37,38);6-11,13,18H,2-5,12,14-15H2,1H3,(H,32,37)(H,33,40)(H,38,39);6-13,20H,2-5,14-16H2,1H3,(H,31,36)(H,32,39)(H,37,38). The van der Waals surface area contributed by atoms with Gasteiger partial charge in [0.15, 0.2) is 0 Å². The lowest BCUT2D eigenvalue weighted by molar-refractivity contribution is -0.137. The summed E-state index contributed by atoms with van der Waals surface area (Å²) in [6.45, 7) is 0.0273. The molecule has 28 nitrogen and oxygen atoms in total. The molecule has 119 heavy (non-hydrogen) atoms. The molecule has 3 aromatic heterocycles. The minimum atomic E-state index is -1.08. The predicted octanol–water partition coefficient (Wildman–Crippen LogP) is 14.3. The number of carbonyl (C=O) groups is 9. The second-order valence-electron chi connectivity index (χ2n) is 29.0. The van der Waals surface area contributed by atoms with Gasteiger partial charge < -0.3 is 66.7 Å². The van der Waals surface area contributed by atoms with E-state index in [1.807, 2.05) is 36.4 Å². The van der Waals surface area contributed by atoms with E-state index >= 15 is 0 Å². The number of amides is 6. The smallest absolute Gasteiger partial charge is 0.308 e. The number of carboxylic acid groups (broad SMARTS) is 3. The maximum Gasteiger partial charge on any atom is 0.308 e. The number of methoxy groups -OCH3 is 1. The van der Waals surface area contributed by atoms with Gasteiger partial charge in [0, 0.05) is 114 Å². The average molecular weight is 1740 g/mol. The van der Waals surface area contributed by atoms with Crippen molar-refractivity contribution in [1.29, 1.82) is 0 Å². The van der Waals surface area contributed by atoms with E-state index in [9.17, 15) is 58.5 Å². The number of halogens is 6. The molecule has 0 saturated heterocycles. The summed E-state index contributed by atoms with van der Waals surface area (Å²) in [6.07, 6.45) is 12.2.